The number of carboxylic acids is 1. The van der Waals surface area contributed by atoms with Crippen molar-refractivity contribution in [3.8, 4) is 0 Å². The average Bonchev–Trinajstić information content (AvgIpc) is 2.45. The van der Waals surface area contributed by atoms with Gasteiger partial charge in [0.25, 0.3) is 0 Å². The highest BCUT2D eigenvalue weighted by atomic mass is 19.4. The zero-order chi connectivity index (χ0) is 17.2. The Kier molecular flexibility index (Phi) is 4.59. The molecule has 0 bridgehead atoms. The molecule has 0 unspecified atom stereocenters. The molecule has 0 aromatic heterocycles. The Morgan fingerprint density at radius 1 is 1.04 bits per heavy atom. The van der Waals surface area contributed by atoms with E-state index < -0.39 is 17.7 Å². The largest absolute Gasteiger partial charge is 0.478 e. The van der Waals surface area contributed by atoms with Gasteiger partial charge in [0.15, 0.2) is 0 Å². The standard InChI is InChI=1S/C18H15F3O2/c1-11-3-8-15(12(2)9-11)16(17(22)23)10-13-4-6-14(7-5-13)18(19,20)21/h3-10H,1-2H3,(H,22,23)/b16-10-. The zero-order valence-electron chi connectivity index (χ0n) is 12.6. The molecule has 1 N–H and O–H groups in total. The number of aliphatic carboxylic acids is 1. The van der Waals surface area contributed by atoms with Crippen molar-refractivity contribution < 1.29 is 23.1 Å². The zero-order valence-corrected chi connectivity index (χ0v) is 12.6. The maximum atomic E-state index is 12.6. The molecule has 0 saturated carbocycles. The van der Waals surface area contributed by atoms with Gasteiger partial charge >= 0.3 is 12.1 Å². The fourth-order valence-corrected chi connectivity index (χ4v) is 2.31. The van der Waals surface area contributed by atoms with Crippen molar-refractivity contribution in [2.45, 2.75) is 20.0 Å². The molecule has 0 heterocycles. The van der Waals surface area contributed by atoms with Crippen LogP contribution >= 0.6 is 0 Å². The SMILES string of the molecule is Cc1ccc(/C(=C/c2ccc(C(F)(F)F)cc2)C(=O)O)c(C)c1. The third-order valence-electron chi connectivity index (χ3n) is 3.45. The predicted molar refractivity (Wildman–Crippen MR) is 82.9 cm³/mol. The Hall–Kier alpha value is -2.56. The third-order valence-corrected chi connectivity index (χ3v) is 3.45. The van der Waals surface area contributed by atoms with Gasteiger partial charge in [-0.1, -0.05) is 35.9 Å². The van der Waals surface area contributed by atoms with Gasteiger partial charge in [-0.15, -0.1) is 0 Å². The second-order valence-corrected chi connectivity index (χ2v) is 5.30. The van der Waals surface area contributed by atoms with Crippen molar-refractivity contribution in [3.63, 3.8) is 0 Å². The first kappa shape index (κ1) is 16.8. The molecule has 5 heteroatoms. The van der Waals surface area contributed by atoms with Crippen LogP contribution in [0.3, 0.4) is 0 Å². The Bertz CT molecular complexity index is 757. The van der Waals surface area contributed by atoms with Crippen LogP contribution in [0.2, 0.25) is 0 Å². The molecule has 120 valence electrons. The van der Waals surface area contributed by atoms with Crippen LogP contribution in [0.1, 0.15) is 27.8 Å². The molecule has 2 aromatic rings. The van der Waals surface area contributed by atoms with Gasteiger partial charge in [-0.2, -0.15) is 13.2 Å². The summed E-state index contributed by atoms with van der Waals surface area (Å²) in [5.74, 6) is -1.13. The van der Waals surface area contributed by atoms with Crippen LogP contribution in [0.25, 0.3) is 11.6 Å². The van der Waals surface area contributed by atoms with E-state index in [4.69, 9.17) is 0 Å². The van der Waals surface area contributed by atoms with Gasteiger partial charge in [0.05, 0.1) is 11.1 Å². The van der Waals surface area contributed by atoms with Crippen molar-refractivity contribution in [1.29, 1.82) is 0 Å². The molecular formula is C18H15F3O2. The summed E-state index contributed by atoms with van der Waals surface area (Å²) in [6.07, 6.45) is -3.04. The highest BCUT2D eigenvalue weighted by molar-refractivity contribution is 6.21. The van der Waals surface area contributed by atoms with Crippen LogP contribution in [0.5, 0.6) is 0 Å². The monoisotopic (exact) mass is 320 g/mol. The Morgan fingerprint density at radius 2 is 1.65 bits per heavy atom. The predicted octanol–water partition coefficient (Wildman–Crippen LogP) is 4.95. The minimum Gasteiger partial charge on any atom is -0.478 e. The molecule has 2 rings (SSSR count). The van der Waals surface area contributed by atoms with E-state index in [-0.39, 0.29) is 5.57 Å². The number of alkyl halides is 3. The summed E-state index contributed by atoms with van der Waals surface area (Å²) in [5.41, 5.74) is 2.02. The van der Waals surface area contributed by atoms with Crippen molar-refractivity contribution in [3.05, 3.63) is 70.3 Å². The average molecular weight is 320 g/mol. The van der Waals surface area contributed by atoms with E-state index in [0.717, 1.165) is 23.3 Å². The molecule has 0 amide bonds. The second-order valence-electron chi connectivity index (χ2n) is 5.30. The van der Waals surface area contributed by atoms with Gasteiger partial charge < -0.3 is 5.11 Å². The summed E-state index contributed by atoms with van der Waals surface area (Å²) in [4.78, 5) is 11.5. The summed E-state index contributed by atoms with van der Waals surface area (Å²) < 4.78 is 37.7. The van der Waals surface area contributed by atoms with E-state index >= 15 is 0 Å². The lowest BCUT2D eigenvalue weighted by Gasteiger charge is -2.09. The third kappa shape index (κ3) is 4.00. The van der Waals surface area contributed by atoms with E-state index in [9.17, 15) is 23.1 Å². The quantitative estimate of drug-likeness (QED) is 0.642. The molecule has 0 aliphatic rings. The maximum Gasteiger partial charge on any atom is 0.416 e. The van der Waals surface area contributed by atoms with E-state index in [1.54, 1.807) is 19.1 Å². The van der Waals surface area contributed by atoms with E-state index in [1.165, 1.54) is 18.2 Å². The second kappa shape index (κ2) is 6.28. The van der Waals surface area contributed by atoms with E-state index in [2.05, 4.69) is 0 Å². The van der Waals surface area contributed by atoms with Gasteiger partial charge in [-0.05, 0) is 48.7 Å². The van der Waals surface area contributed by atoms with Crippen molar-refractivity contribution in [2.24, 2.45) is 0 Å². The summed E-state index contributed by atoms with van der Waals surface area (Å²) in [6.45, 7) is 3.70. The number of halogens is 3. The number of carbonyl (C=O) groups is 1. The highest BCUT2D eigenvalue weighted by Gasteiger charge is 2.29. The topological polar surface area (TPSA) is 37.3 Å². The molecule has 0 aliphatic heterocycles. The minimum absolute atomic E-state index is 0.0438. The van der Waals surface area contributed by atoms with Gasteiger partial charge in [0, 0.05) is 0 Å². The first-order valence-corrected chi connectivity index (χ1v) is 6.88. The first-order chi connectivity index (χ1) is 10.7. The summed E-state index contributed by atoms with van der Waals surface area (Å²) in [5, 5.41) is 9.42. The van der Waals surface area contributed by atoms with Crippen LogP contribution < -0.4 is 0 Å². The number of rotatable bonds is 3. The molecule has 2 nitrogen and oxygen atoms in total. The summed E-state index contributed by atoms with van der Waals surface area (Å²) in [7, 11) is 0. The molecule has 2 aromatic carbocycles. The van der Waals surface area contributed by atoms with Crippen molar-refractivity contribution >= 4 is 17.6 Å². The Labute approximate surface area is 131 Å². The molecule has 0 fully saturated rings. The minimum atomic E-state index is -4.41. The number of carboxylic acid groups (broad SMARTS) is 1. The van der Waals surface area contributed by atoms with Crippen LogP contribution in [0.15, 0.2) is 42.5 Å². The number of hydrogen-bond donors (Lipinski definition) is 1. The fourth-order valence-electron chi connectivity index (χ4n) is 2.31. The van der Waals surface area contributed by atoms with Crippen molar-refractivity contribution in [1.82, 2.24) is 0 Å². The lowest BCUT2D eigenvalue weighted by Crippen LogP contribution is -2.04. The Balaban J connectivity index is 2.45. The van der Waals surface area contributed by atoms with Gasteiger partial charge in [-0.25, -0.2) is 4.79 Å². The molecular weight excluding hydrogens is 305 g/mol. The van der Waals surface area contributed by atoms with E-state index in [1.807, 2.05) is 13.0 Å². The van der Waals surface area contributed by atoms with Gasteiger partial charge in [0.1, 0.15) is 0 Å². The van der Waals surface area contributed by atoms with Gasteiger partial charge in [0.2, 0.25) is 0 Å². The molecule has 0 radical (unpaired) electrons. The summed E-state index contributed by atoms with van der Waals surface area (Å²) in [6, 6.07) is 9.75. The normalized spacial score (nSPS) is 12.3. The van der Waals surface area contributed by atoms with Crippen molar-refractivity contribution in [2.75, 3.05) is 0 Å². The number of hydrogen-bond acceptors (Lipinski definition) is 1. The van der Waals surface area contributed by atoms with E-state index in [0.29, 0.717) is 11.1 Å². The lowest BCUT2D eigenvalue weighted by molar-refractivity contribution is -0.137. The smallest absolute Gasteiger partial charge is 0.416 e. The molecule has 0 aliphatic carbocycles. The molecule has 0 spiro atoms. The van der Waals surface area contributed by atoms with Gasteiger partial charge in [-0.3, -0.25) is 0 Å². The van der Waals surface area contributed by atoms with Crippen LogP contribution in [0.4, 0.5) is 13.2 Å². The number of aryl methyl sites for hydroxylation is 2. The summed E-state index contributed by atoms with van der Waals surface area (Å²) >= 11 is 0. The first-order valence-electron chi connectivity index (χ1n) is 6.88. The number of benzene rings is 2. The van der Waals surface area contributed by atoms with Crippen LogP contribution in [-0.2, 0) is 11.0 Å². The lowest BCUT2D eigenvalue weighted by atomic mass is 9.96. The van der Waals surface area contributed by atoms with Crippen LogP contribution in [-0.4, -0.2) is 11.1 Å². The maximum absolute atomic E-state index is 12.6. The Morgan fingerprint density at radius 3 is 2.13 bits per heavy atom. The van der Waals surface area contributed by atoms with Crippen LogP contribution in [0, 0.1) is 13.8 Å². The fraction of sp³-hybridized carbons (Fsp3) is 0.167. The molecule has 23 heavy (non-hydrogen) atoms. The highest BCUT2D eigenvalue weighted by Crippen LogP contribution is 2.30. The molecule has 0 saturated heterocycles. The molecule has 0 atom stereocenters.